The number of alkyl halides is 3. The van der Waals surface area contributed by atoms with Crippen molar-refractivity contribution in [3.05, 3.63) is 65.2 Å². The lowest BCUT2D eigenvalue weighted by atomic mass is 9.92. The minimum absolute atomic E-state index is 0.271. The molecule has 0 radical (unpaired) electrons. The van der Waals surface area contributed by atoms with Crippen LogP contribution < -0.4 is 4.74 Å². The molecule has 1 atom stereocenters. The Morgan fingerprint density at radius 2 is 1.73 bits per heavy atom. The van der Waals surface area contributed by atoms with E-state index in [2.05, 4.69) is 4.74 Å². The van der Waals surface area contributed by atoms with Gasteiger partial charge in [0, 0.05) is 0 Å². The van der Waals surface area contributed by atoms with E-state index in [1.54, 1.807) is 44.2 Å². The summed E-state index contributed by atoms with van der Waals surface area (Å²) in [6.07, 6.45) is -4.40. The van der Waals surface area contributed by atoms with E-state index in [4.69, 9.17) is 4.74 Å². The minimum atomic E-state index is -4.74. The lowest BCUT2D eigenvalue weighted by Gasteiger charge is -2.31. The number of benzene rings is 2. The van der Waals surface area contributed by atoms with Gasteiger partial charge in [-0.3, -0.25) is 0 Å². The molecule has 0 N–H and O–H groups in total. The number of hydrogen-bond acceptors (Lipinski definition) is 6. The van der Waals surface area contributed by atoms with Crippen molar-refractivity contribution < 1.29 is 40.4 Å². The van der Waals surface area contributed by atoms with Crippen molar-refractivity contribution in [1.82, 2.24) is 0 Å². The zero-order valence-corrected chi connectivity index (χ0v) is 17.0. The van der Waals surface area contributed by atoms with Gasteiger partial charge in [-0.15, -0.1) is 0 Å². The molecule has 2 aromatic carbocycles. The Morgan fingerprint density at radius 3 is 2.27 bits per heavy atom. The van der Waals surface area contributed by atoms with Gasteiger partial charge in [0.05, 0.1) is 27.0 Å². The minimum Gasteiger partial charge on any atom is -0.748 e. The van der Waals surface area contributed by atoms with E-state index in [1.165, 1.54) is 0 Å². The number of carbonyl (C=O) groups is 1. The number of esters is 1. The number of hydrogen-bond donors (Lipinski definition) is 0. The van der Waals surface area contributed by atoms with Crippen molar-refractivity contribution in [2.75, 3.05) is 12.4 Å². The van der Waals surface area contributed by atoms with Crippen molar-refractivity contribution >= 4 is 16.1 Å². The third-order valence-electron chi connectivity index (χ3n) is 4.48. The predicted molar refractivity (Wildman–Crippen MR) is 101 cm³/mol. The highest BCUT2D eigenvalue weighted by Gasteiger charge is 2.37. The van der Waals surface area contributed by atoms with E-state index in [0.29, 0.717) is 18.1 Å². The van der Waals surface area contributed by atoms with Gasteiger partial charge in [0.2, 0.25) is 0 Å². The second-order valence-corrected chi connectivity index (χ2v) is 8.18. The van der Waals surface area contributed by atoms with Gasteiger partial charge >= 0.3 is 12.1 Å². The Morgan fingerprint density at radius 1 is 1.10 bits per heavy atom. The van der Waals surface area contributed by atoms with E-state index < -0.39 is 51.5 Å². The van der Waals surface area contributed by atoms with E-state index in [9.17, 15) is 30.9 Å². The zero-order chi connectivity index (χ0) is 22.6. The second-order valence-electron chi connectivity index (χ2n) is 6.66. The molecule has 10 heteroatoms. The van der Waals surface area contributed by atoms with Crippen LogP contribution in [0.2, 0.25) is 0 Å². The Hall–Kier alpha value is -2.59. The van der Waals surface area contributed by atoms with Gasteiger partial charge in [-0.25, -0.2) is 13.2 Å². The largest absolute Gasteiger partial charge is 0.748 e. The zero-order valence-electron chi connectivity index (χ0n) is 16.2. The summed E-state index contributed by atoms with van der Waals surface area (Å²) in [4.78, 5) is 12.1. The van der Waals surface area contributed by atoms with Crippen molar-refractivity contribution in [3.8, 4) is 5.75 Å². The highest BCUT2D eigenvalue weighted by atomic mass is 32.2. The Labute approximate surface area is 172 Å². The molecule has 0 bridgehead atoms. The highest BCUT2D eigenvalue weighted by Crippen LogP contribution is 2.40. The topological polar surface area (TPSA) is 92.7 Å². The maximum atomic E-state index is 13.5. The molecule has 0 aliphatic carbocycles. The lowest BCUT2D eigenvalue weighted by molar-refractivity contribution is -0.140. The van der Waals surface area contributed by atoms with Crippen LogP contribution in [0, 0.1) is 0 Å². The second kappa shape index (κ2) is 9.05. The van der Waals surface area contributed by atoms with Crippen molar-refractivity contribution in [2.45, 2.75) is 32.0 Å². The number of carbonyl (C=O) groups excluding carboxylic acids is 1. The lowest BCUT2D eigenvalue weighted by Crippen LogP contribution is -2.29. The molecule has 0 fully saturated rings. The molecule has 164 valence electrons. The molecular formula is C20H20F3O6S-. The van der Waals surface area contributed by atoms with Crippen LogP contribution in [0.15, 0.2) is 48.5 Å². The highest BCUT2D eigenvalue weighted by molar-refractivity contribution is 7.85. The maximum Gasteiger partial charge on any atom is 0.419 e. The SMILES string of the molecule is CCC(C)(Oc1cc(C(=O)OCCS(=O)(=O)[O-])ccc1C(F)(F)F)c1ccccc1. The van der Waals surface area contributed by atoms with Crippen LogP contribution in [-0.2, 0) is 26.6 Å². The molecule has 2 aromatic rings. The Balaban J connectivity index is 2.38. The first kappa shape index (κ1) is 23.7. The van der Waals surface area contributed by atoms with Crippen molar-refractivity contribution in [3.63, 3.8) is 0 Å². The van der Waals surface area contributed by atoms with Crippen LogP contribution in [0.3, 0.4) is 0 Å². The van der Waals surface area contributed by atoms with Crippen LogP contribution in [-0.4, -0.2) is 31.3 Å². The van der Waals surface area contributed by atoms with Crippen LogP contribution in [0.1, 0.15) is 41.8 Å². The van der Waals surface area contributed by atoms with Crippen LogP contribution in [0.25, 0.3) is 0 Å². The Kier molecular flexibility index (Phi) is 7.14. The molecule has 0 spiro atoms. The molecule has 2 rings (SSSR count). The third kappa shape index (κ3) is 6.20. The average molecular weight is 445 g/mol. The number of ether oxygens (including phenoxy) is 2. The van der Waals surface area contributed by atoms with E-state index in [1.807, 2.05) is 0 Å². The maximum absolute atomic E-state index is 13.5. The fourth-order valence-corrected chi connectivity index (χ4v) is 2.94. The summed E-state index contributed by atoms with van der Waals surface area (Å²) >= 11 is 0. The summed E-state index contributed by atoms with van der Waals surface area (Å²) in [5.41, 5.74) is -1.81. The molecule has 0 amide bonds. The molecule has 0 aliphatic rings. The first-order valence-electron chi connectivity index (χ1n) is 8.92. The average Bonchev–Trinajstić information content (AvgIpc) is 2.66. The van der Waals surface area contributed by atoms with Crippen LogP contribution in [0.4, 0.5) is 13.2 Å². The van der Waals surface area contributed by atoms with E-state index in [-0.39, 0.29) is 5.56 Å². The summed E-state index contributed by atoms with van der Waals surface area (Å²) in [6, 6.07) is 11.2. The van der Waals surface area contributed by atoms with Gasteiger partial charge in [0.15, 0.2) is 0 Å². The number of halogens is 3. The summed E-state index contributed by atoms with van der Waals surface area (Å²) < 4.78 is 82.7. The normalized spacial score (nSPS) is 14.1. The van der Waals surface area contributed by atoms with Crippen molar-refractivity contribution in [2.24, 2.45) is 0 Å². The monoisotopic (exact) mass is 445 g/mol. The summed E-state index contributed by atoms with van der Waals surface area (Å²) in [7, 11) is -4.59. The molecule has 1 unspecified atom stereocenters. The molecule has 0 aliphatic heterocycles. The fourth-order valence-electron chi connectivity index (χ4n) is 2.66. The third-order valence-corrected chi connectivity index (χ3v) is 5.15. The summed E-state index contributed by atoms with van der Waals surface area (Å²) in [5.74, 6) is -2.58. The first-order valence-corrected chi connectivity index (χ1v) is 10.5. The van der Waals surface area contributed by atoms with Crippen molar-refractivity contribution in [1.29, 1.82) is 0 Å². The molecule has 0 saturated carbocycles. The fraction of sp³-hybridized carbons (Fsp3) is 0.350. The number of rotatable bonds is 8. The van der Waals surface area contributed by atoms with Crippen LogP contribution in [0.5, 0.6) is 5.75 Å². The Bertz CT molecular complexity index is 989. The first-order chi connectivity index (χ1) is 13.9. The molecule has 0 aromatic heterocycles. The van der Waals surface area contributed by atoms with E-state index >= 15 is 0 Å². The van der Waals surface area contributed by atoms with Crippen LogP contribution >= 0.6 is 0 Å². The smallest absolute Gasteiger partial charge is 0.419 e. The van der Waals surface area contributed by atoms with Gasteiger partial charge in [-0.2, -0.15) is 13.2 Å². The molecular weight excluding hydrogens is 425 g/mol. The van der Waals surface area contributed by atoms with Gasteiger partial charge < -0.3 is 14.0 Å². The quantitative estimate of drug-likeness (QED) is 0.449. The molecule has 0 heterocycles. The van der Waals surface area contributed by atoms with Gasteiger partial charge in [0.1, 0.15) is 18.0 Å². The molecule has 6 nitrogen and oxygen atoms in total. The van der Waals surface area contributed by atoms with E-state index in [0.717, 1.165) is 12.1 Å². The van der Waals surface area contributed by atoms with Gasteiger partial charge in [-0.1, -0.05) is 37.3 Å². The summed E-state index contributed by atoms with van der Waals surface area (Å²) in [5, 5.41) is 0. The van der Waals surface area contributed by atoms with Gasteiger partial charge in [0.25, 0.3) is 0 Å². The predicted octanol–water partition coefficient (Wildman–Crippen LogP) is 4.11. The molecule has 0 saturated heterocycles. The van der Waals surface area contributed by atoms with Gasteiger partial charge in [-0.05, 0) is 37.1 Å². The molecule has 30 heavy (non-hydrogen) atoms. The summed E-state index contributed by atoms with van der Waals surface area (Å²) in [6.45, 7) is 2.67. The standard InChI is InChI=1S/C20H21F3O6S/c1-3-19(2,15-7-5-4-6-8-15)29-17-13-14(9-10-16(17)20(21,22)23)18(24)28-11-12-30(25,26)27/h4-10,13H,3,11-12H2,1-2H3,(H,25,26,27)/p-1.